The lowest BCUT2D eigenvalue weighted by atomic mass is 10.0. The zero-order valence-corrected chi connectivity index (χ0v) is 18.3. The maximum Gasteiger partial charge on any atom is 0.317 e. The summed E-state index contributed by atoms with van der Waals surface area (Å²) in [7, 11) is 3.29. The number of likely N-dealkylation sites (tertiary alicyclic amines) is 1. The summed E-state index contributed by atoms with van der Waals surface area (Å²) < 4.78 is 5.11. The van der Waals surface area contributed by atoms with E-state index < -0.39 is 0 Å². The highest BCUT2D eigenvalue weighted by Crippen LogP contribution is 2.19. The first-order valence-electron chi connectivity index (χ1n) is 9.95. The van der Waals surface area contributed by atoms with Crippen LogP contribution in [0.4, 0.5) is 4.79 Å². The summed E-state index contributed by atoms with van der Waals surface area (Å²) in [6, 6.07) is 10.6. The minimum atomic E-state index is -0.165. The largest absolute Gasteiger partial charge is 0.481 e. The van der Waals surface area contributed by atoms with Crippen LogP contribution in [-0.2, 0) is 6.54 Å². The summed E-state index contributed by atoms with van der Waals surface area (Å²) >= 11 is 6.06. The normalized spacial score (nSPS) is 16.1. The number of carbonyl (C=O) groups excluding carboxylic acids is 2. The second-order valence-corrected chi connectivity index (χ2v) is 7.87. The standard InChI is InChI=1S/C22H27ClN4O3/c1-15-12-16(9-10-18(15)23)13-24-22(29)26(2)17-6-5-11-27(14-17)21(28)19-7-4-8-20(25-19)30-3/h4,7-10,12,17H,5-6,11,13-14H2,1-3H3,(H,24,29)/t17-/m1/s1. The third kappa shape index (κ3) is 5.21. The number of rotatable bonds is 5. The summed E-state index contributed by atoms with van der Waals surface area (Å²) in [4.78, 5) is 33.2. The van der Waals surface area contributed by atoms with Gasteiger partial charge in [-0.25, -0.2) is 9.78 Å². The molecule has 2 heterocycles. The molecule has 1 aromatic heterocycles. The molecule has 0 spiro atoms. The number of aromatic nitrogens is 1. The van der Waals surface area contributed by atoms with Crippen molar-refractivity contribution < 1.29 is 14.3 Å². The first kappa shape index (κ1) is 21.9. The van der Waals surface area contributed by atoms with Gasteiger partial charge >= 0.3 is 6.03 Å². The van der Waals surface area contributed by atoms with Gasteiger partial charge in [-0.2, -0.15) is 0 Å². The molecular formula is C22H27ClN4O3. The van der Waals surface area contributed by atoms with Crippen LogP contribution in [0.2, 0.25) is 5.02 Å². The Bertz CT molecular complexity index is 921. The molecule has 3 rings (SSSR count). The quantitative estimate of drug-likeness (QED) is 0.787. The molecule has 1 aliphatic rings. The van der Waals surface area contributed by atoms with Crippen molar-refractivity contribution in [2.45, 2.75) is 32.4 Å². The number of ether oxygens (including phenoxy) is 1. The number of aryl methyl sites for hydroxylation is 1. The Hall–Kier alpha value is -2.80. The van der Waals surface area contributed by atoms with E-state index in [4.69, 9.17) is 16.3 Å². The number of nitrogens with zero attached hydrogens (tertiary/aromatic N) is 3. The molecule has 0 unspecified atom stereocenters. The predicted molar refractivity (Wildman–Crippen MR) is 116 cm³/mol. The molecule has 0 saturated carbocycles. The third-order valence-electron chi connectivity index (χ3n) is 5.37. The first-order chi connectivity index (χ1) is 14.4. The number of benzene rings is 1. The fourth-order valence-electron chi connectivity index (χ4n) is 3.55. The van der Waals surface area contributed by atoms with Gasteiger partial charge in [0.05, 0.1) is 13.2 Å². The van der Waals surface area contributed by atoms with Crippen molar-refractivity contribution in [2.75, 3.05) is 27.2 Å². The molecule has 0 radical (unpaired) electrons. The zero-order chi connectivity index (χ0) is 21.7. The van der Waals surface area contributed by atoms with E-state index in [1.54, 1.807) is 35.0 Å². The lowest BCUT2D eigenvalue weighted by Gasteiger charge is -2.37. The monoisotopic (exact) mass is 430 g/mol. The summed E-state index contributed by atoms with van der Waals surface area (Å²) in [6.45, 7) is 3.48. The summed E-state index contributed by atoms with van der Waals surface area (Å²) in [5.41, 5.74) is 2.31. The fourth-order valence-corrected chi connectivity index (χ4v) is 3.67. The molecule has 1 aromatic carbocycles. The van der Waals surface area contributed by atoms with E-state index in [1.165, 1.54) is 7.11 Å². The molecule has 0 bridgehead atoms. The average molecular weight is 431 g/mol. The molecule has 1 N–H and O–H groups in total. The molecule has 8 heteroatoms. The number of halogens is 1. The number of piperidine rings is 1. The van der Waals surface area contributed by atoms with Crippen molar-refractivity contribution in [3.8, 4) is 5.88 Å². The molecule has 1 saturated heterocycles. The Kier molecular flexibility index (Phi) is 7.15. The van der Waals surface area contributed by atoms with Gasteiger partial charge < -0.3 is 19.9 Å². The van der Waals surface area contributed by atoms with Gasteiger partial charge in [-0.05, 0) is 43.0 Å². The van der Waals surface area contributed by atoms with Crippen LogP contribution in [0.15, 0.2) is 36.4 Å². The van der Waals surface area contributed by atoms with Gasteiger partial charge in [-0.1, -0.05) is 29.8 Å². The van der Waals surface area contributed by atoms with Crippen LogP contribution in [0, 0.1) is 6.92 Å². The number of likely N-dealkylation sites (N-methyl/N-ethyl adjacent to an activating group) is 1. The van der Waals surface area contributed by atoms with Crippen LogP contribution in [-0.4, -0.2) is 60.0 Å². The van der Waals surface area contributed by atoms with E-state index in [-0.39, 0.29) is 18.0 Å². The Morgan fingerprint density at radius 3 is 2.87 bits per heavy atom. The SMILES string of the molecule is COc1cccc(C(=O)N2CCC[C@@H](N(C)C(=O)NCc3ccc(Cl)c(C)c3)C2)n1. The van der Waals surface area contributed by atoms with Crippen molar-refractivity contribution >= 4 is 23.5 Å². The number of methoxy groups -OCH3 is 1. The Morgan fingerprint density at radius 2 is 2.13 bits per heavy atom. The van der Waals surface area contributed by atoms with E-state index in [9.17, 15) is 9.59 Å². The maximum atomic E-state index is 12.9. The molecule has 30 heavy (non-hydrogen) atoms. The van der Waals surface area contributed by atoms with Gasteiger partial charge in [-0.3, -0.25) is 4.79 Å². The molecule has 160 valence electrons. The van der Waals surface area contributed by atoms with Gasteiger partial charge in [0, 0.05) is 37.8 Å². The molecule has 7 nitrogen and oxygen atoms in total. The molecule has 1 fully saturated rings. The van der Waals surface area contributed by atoms with Crippen LogP contribution in [0.1, 0.15) is 34.5 Å². The Balaban J connectivity index is 1.58. The molecule has 2 aromatic rings. The molecule has 1 atom stereocenters. The number of hydrogen-bond donors (Lipinski definition) is 1. The average Bonchev–Trinajstić information content (AvgIpc) is 2.78. The molecule has 1 aliphatic heterocycles. The number of nitrogens with one attached hydrogen (secondary N) is 1. The zero-order valence-electron chi connectivity index (χ0n) is 17.5. The smallest absolute Gasteiger partial charge is 0.317 e. The lowest BCUT2D eigenvalue weighted by molar-refractivity contribution is 0.0630. The van der Waals surface area contributed by atoms with E-state index in [1.807, 2.05) is 25.1 Å². The minimum absolute atomic E-state index is 0.0553. The van der Waals surface area contributed by atoms with Crippen LogP contribution < -0.4 is 10.1 Å². The number of hydrogen-bond acceptors (Lipinski definition) is 4. The van der Waals surface area contributed by atoms with Crippen molar-refractivity contribution in [1.82, 2.24) is 20.1 Å². The molecule has 0 aliphatic carbocycles. The second kappa shape index (κ2) is 9.80. The predicted octanol–water partition coefficient (Wildman–Crippen LogP) is 3.50. The number of carbonyl (C=O) groups is 2. The lowest BCUT2D eigenvalue weighted by Crippen LogP contribution is -2.52. The van der Waals surface area contributed by atoms with E-state index >= 15 is 0 Å². The van der Waals surface area contributed by atoms with Crippen molar-refractivity contribution in [3.05, 3.63) is 58.2 Å². The van der Waals surface area contributed by atoms with E-state index in [0.717, 1.165) is 24.0 Å². The minimum Gasteiger partial charge on any atom is -0.481 e. The van der Waals surface area contributed by atoms with E-state index in [0.29, 0.717) is 36.2 Å². The second-order valence-electron chi connectivity index (χ2n) is 7.47. The first-order valence-corrected chi connectivity index (χ1v) is 10.3. The number of pyridine rings is 1. The Morgan fingerprint density at radius 1 is 1.33 bits per heavy atom. The molecule has 3 amide bonds. The highest BCUT2D eigenvalue weighted by Gasteiger charge is 2.29. The summed E-state index contributed by atoms with van der Waals surface area (Å²) in [6.07, 6.45) is 1.67. The van der Waals surface area contributed by atoms with Gasteiger partial charge in [-0.15, -0.1) is 0 Å². The van der Waals surface area contributed by atoms with Crippen LogP contribution >= 0.6 is 11.6 Å². The Labute approximate surface area is 182 Å². The topological polar surface area (TPSA) is 74.8 Å². The summed E-state index contributed by atoms with van der Waals surface area (Å²) in [5.74, 6) is 0.257. The van der Waals surface area contributed by atoms with Crippen LogP contribution in [0.3, 0.4) is 0 Å². The highest BCUT2D eigenvalue weighted by atomic mass is 35.5. The summed E-state index contributed by atoms with van der Waals surface area (Å²) in [5, 5.41) is 3.65. The van der Waals surface area contributed by atoms with E-state index in [2.05, 4.69) is 10.3 Å². The van der Waals surface area contributed by atoms with Gasteiger partial charge in [0.15, 0.2) is 0 Å². The fraction of sp³-hybridized carbons (Fsp3) is 0.409. The molecular weight excluding hydrogens is 404 g/mol. The van der Waals surface area contributed by atoms with Crippen molar-refractivity contribution in [1.29, 1.82) is 0 Å². The van der Waals surface area contributed by atoms with Gasteiger partial charge in [0.2, 0.25) is 5.88 Å². The van der Waals surface area contributed by atoms with Crippen molar-refractivity contribution in [2.24, 2.45) is 0 Å². The number of urea groups is 1. The highest BCUT2D eigenvalue weighted by molar-refractivity contribution is 6.31. The van der Waals surface area contributed by atoms with Gasteiger partial charge in [0.1, 0.15) is 5.69 Å². The van der Waals surface area contributed by atoms with Crippen LogP contribution in [0.25, 0.3) is 0 Å². The third-order valence-corrected chi connectivity index (χ3v) is 5.79. The van der Waals surface area contributed by atoms with Crippen LogP contribution in [0.5, 0.6) is 5.88 Å². The van der Waals surface area contributed by atoms with Crippen molar-refractivity contribution in [3.63, 3.8) is 0 Å². The number of amides is 3. The van der Waals surface area contributed by atoms with Gasteiger partial charge in [0.25, 0.3) is 5.91 Å². The maximum absolute atomic E-state index is 12.9.